The van der Waals surface area contributed by atoms with Gasteiger partial charge in [-0.2, -0.15) is 5.10 Å². The number of benzene rings is 1. The van der Waals surface area contributed by atoms with Crippen LogP contribution in [0.5, 0.6) is 0 Å². The number of hydrogen-bond donors (Lipinski definition) is 1. The molecule has 3 nitrogen and oxygen atoms in total. The molecule has 0 radical (unpaired) electrons. The molecule has 5 heteroatoms. The van der Waals surface area contributed by atoms with Gasteiger partial charge in [0.1, 0.15) is 0 Å². The van der Waals surface area contributed by atoms with Crippen LogP contribution in [0.2, 0.25) is 0 Å². The largest absolute Gasteiger partial charge is 0.381 e. The Hall–Kier alpha value is -0.810. The summed E-state index contributed by atoms with van der Waals surface area (Å²) < 4.78 is 4.05. The first kappa shape index (κ1) is 12.6. The molecule has 0 aliphatic heterocycles. The van der Waals surface area contributed by atoms with Gasteiger partial charge in [0.2, 0.25) is 0 Å². The molecule has 0 atom stereocenters. The van der Waals surface area contributed by atoms with Crippen molar-refractivity contribution in [1.82, 2.24) is 9.78 Å². The topological polar surface area (TPSA) is 29.9 Å². The van der Waals surface area contributed by atoms with Crippen LogP contribution in [0.15, 0.2) is 39.5 Å². The Kier molecular flexibility index (Phi) is 4.23. The number of nitrogens with zero attached hydrogens (tertiary/aromatic N) is 2. The summed E-state index contributed by atoms with van der Waals surface area (Å²) in [7, 11) is 0. The van der Waals surface area contributed by atoms with E-state index in [9.17, 15) is 0 Å². The molecule has 0 saturated carbocycles. The lowest BCUT2D eigenvalue weighted by Crippen LogP contribution is -2.11. The minimum absolute atomic E-state index is 0.835. The smallest absolute Gasteiger partial charge is 0.0629 e. The second-order valence-corrected chi connectivity index (χ2v) is 5.51. The van der Waals surface area contributed by atoms with Gasteiger partial charge in [-0.05, 0) is 62.5 Å². The van der Waals surface area contributed by atoms with Crippen molar-refractivity contribution in [2.24, 2.45) is 0 Å². The maximum atomic E-state index is 4.16. The van der Waals surface area contributed by atoms with E-state index in [4.69, 9.17) is 0 Å². The summed E-state index contributed by atoms with van der Waals surface area (Å²) >= 11 is 7.12. The second-order valence-electron chi connectivity index (χ2n) is 3.80. The van der Waals surface area contributed by atoms with E-state index in [-0.39, 0.29) is 0 Å². The molecule has 0 fully saturated rings. The van der Waals surface area contributed by atoms with Gasteiger partial charge in [0.25, 0.3) is 0 Å². The molecule has 2 aromatic rings. The van der Waals surface area contributed by atoms with Crippen molar-refractivity contribution in [1.29, 1.82) is 0 Å². The fourth-order valence-corrected chi connectivity index (χ4v) is 3.29. The van der Waals surface area contributed by atoms with E-state index < -0.39 is 0 Å². The SMILES string of the molecule is Cc1cc(Br)c(NCCn2cccn2)c(Br)c1. The second kappa shape index (κ2) is 5.69. The summed E-state index contributed by atoms with van der Waals surface area (Å²) in [6.07, 6.45) is 3.75. The zero-order chi connectivity index (χ0) is 12.3. The highest BCUT2D eigenvalue weighted by molar-refractivity contribution is 9.11. The van der Waals surface area contributed by atoms with E-state index in [1.807, 2.05) is 16.9 Å². The van der Waals surface area contributed by atoms with E-state index in [0.717, 1.165) is 27.7 Å². The van der Waals surface area contributed by atoms with Gasteiger partial charge in [0.15, 0.2) is 0 Å². The highest BCUT2D eigenvalue weighted by Crippen LogP contribution is 2.32. The third-order valence-electron chi connectivity index (χ3n) is 2.39. The zero-order valence-corrected chi connectivity index (χ0v) is 12.6. The van der Waals surface area contributed by atoms with E-state index in [2.05, 4.69) is 61.3 Å². The Morgan fingerprint density at radius 1 is 1.29 bits per heavy atom. The van der Waals surface area contributed by atoms with Crippen LogP contribution >= 0.6 is 31.9 Å². The van der Waals surface area contributed by atoms with Crippen molar-refractivity contribution in [3.8, 4) is 0 Å². The van der Waals surface area contributed by atoms with Gasteiger partial charge in [0, 0.05) is 27.9 Å². The van der Waals surface area contributed by atoms with Gasteiger partial charge in [-0.25, -0.2) is 0 Å². The standard InChI is InChI=1S/C12H13Br2N3/c1-9-7-10(13)12(11(14)8-9)15-4-6-17-5-2-3-16-17/h2-3,5,7-8,15H,4,6H2,1H3. The molecule has 1 heterocycles. The number of anilines is 1. The zero-order valence-electron chi connectivity index (χ0n) is 9.45. The Balaban J connectivity index is 1.99. The van der Waals surface area contributed by atoms with Gasteiger partial charge >= 0.3 is 0 Å². The van der Waals surface area contributed by atoms with E-state index in [1.165, 1.54) is 5.56 Å². The summed E-state index contributed by atoms with van der Waals surface area (Å²) in [5.41, 5.74) is 2.31. The lowest BCUT2D eigenvalue weighted by molar-refractivity contribution is 0.637. The molecule has 0 saturated heterocycles. The molecule has 17 heavy (non-hydrogen) atoms. The number of halogens is 2. The Labute approximate surface area is 117 Å². The third-order valence-corrected chi connectivity index (χ3v) is 3.64. The Morgan fingerprint density at radius 3 is 2.59 bits per heavy atom. The normalized spacial score (nSPS) is 10.5. The van der Waals surface area contributed by atoms with E-state index in [0.29, 0.717) is 0 Å². The number of aromatic nitrogens is 2. The predicted octanol–water partition coefficient (Wildman–Crippen LogP) is 3.83. The predicted molar refractivity (Wildman–Crippen MR) is 77.3 cm³/mol. The maximum Gasteiger partial charge on any atom is 0.0629 e. The molecule has 1 aromatic carbocycles. The highest BCUT2D eigenvalue weighted by atomic mass is 79.9. The van der Waals surface area contributed by atoms with Gasteiger partial charge in [-0.1, -0.05) is 0 Å². The van der Waals surface area contributed by atoms with Crippen molar-refractivity contribution in [2.45, 2.75) is 13.5 Å². The van der Waals surface area contributed by atoms with Crippen LogP contribution in [0.3, 0.4) is 0 Å². The van der Waals surface area contributed by atoms with Crippen LogP contribution in [-0.4, -0.2) is 16.3 Å². The van der Waals surface area contributed by atoms with Crippen molar-refractivity contribution in [3.05, 3.63) is 45.1 Å². The monoisotopic (exact) mass is 357 g/mol. The minimum atomic E-state index is 0.835. The summed E-state index contributed by atoms with van der Waals surface area (Å²) in [6.45, 7) is 3.75. The lowest BCUT2D eigenvalue weighted by atomic mass is 10.2. The average Bonchev–Trinajstić information content (AvgIpc) is 2.74. The summed E-state index contributed by atoms with van der Waals surface area (Å²) in [5.74, 6) is 0. The molecule has 0 amide bonds. The molecule has 0 spiro atoms. The first-order valence-electron chi connectivity index (χ1n) is 5.34. The fraction of sp³-hybridized carbons (Fsp3) is 0.250. The molecule has 1 N–H and O–H groups in total. The molecule has 2 rings (SSSR count). The summed E-state index contributed by atoms with van der Waals surface area (Å²) in [6, 6.07) is 6.12. The Bertz CT molecular complexity index is 471. The Morgan fingerprint density at radius 2 is 2.00 bits per heavy atom. The minimum Gasteiger partial charge on any atom is -0.381 e. The molecule has 0 bridgehead atoms. The van der Waals surface area contributed by atoms with Crippen LogP contribution in [0.4, 0.5) is 5.69 Å². The van der Waals surface area contributed by atoms with Gasteiger partial charge in [-0.3, -0.25) is 4.68 Å². The number of hydrogen-bond acceptors (Lipinski definition) is 2. The van der Waals surface area contributed by atoms with E-state index >= 15 is 0 Å². The quantitative estimate of drug-likeness (QED) is 0.900. The van der Waals surface area contributed by atoms with Crippen LogP contribution in [0.25, 0.3) is 0 Å². The van der Waals surface area contributed by atoms with Crippen LogP contribution in [0.1, 0.15) is 5.56 Å². The first-order chi connectivity index (χ1) is 8.16. The van der Waals surface area contributed by atoms with Gasteiger partial charge in [-0.15, -0.1) is 0 Å². The highest BCUT2D eigenvalue weighted by Gasteiger charge is 2.05. The van der Waals surface area contributed by atoms with Crippen LogP contribution in [0, 0.1) is 6.92 Å². The molecule has 0 aliphatic rings. The van der Waals surface area contributed by atoms with Crippen molar-refractivity contribution in [3.63, 3.8) is 0 Å². The maximum absolute atomic E-state index is 4.16. The average molecular weight is 359 g/mol. The first-order valence-corrected chi connectivity index (χ1v) is 6.92. The van der Waals surface area contributed by atoms with Crippen molar-refractivity contribution >= 4 is 37.5 Å². The van der Waals surface area contributed by atoms with Crippen LogP contribution in [-0.2, 0) is 6.54 Å². The number of nitrogens with one attached hydrogen (secondary N) is 1. The lowest BCUT2D eigenvalue weighted by Gasteiger charge is -2.11. The molecule has 0 unspecified atom stereocenters. The summed E-state index contributed by atoms with van der Waals surface area (Å²) in [5, 5.41) is 7.55. The molecular formula is C12H13Br2N3. The van der Waals surface area contributed by atoms with Gasteiger partial charge < -0.3 is 5.32 Å². The molecule has 1 aromatic heterocycles. The van der Waals surface area contributed by atoms with E-state index in [1.54, 1.807) is 6.20 Å². The molecule has 0 aliphatic carbocycles. The van der Waals surface area contributed by atoms with Crippen molar-refractivity contribution < 1.29 is 0 Å². The molecular weight excluding hydrogens is 346 g/mol. The number of aryl methyl sites for hydroxylation is 1. The third kappa shape index (κ3) is 3.33. The van der Waals surface area contributed by atoms with Crippen LogP contribution < -0.4 is 5.32 Å². The summed E-state index contributed by atoms with van der Waals surface area (Å²) in [4.78, 5) is 0. The van der Waals surface area contributed by atoms with Gasteiger partial charge in [0.05, 0.1) is 12.2 Å². The molecule has 90 valence electrons. The fourth-order valence-electron chi connectivity index (χ4n) is 1.60. The number of rotatable bonds is 4. The van der Waals surface area contributed by atoms with Crippen molar-refractivity contribution in [2.75, 3.05) is 11.9 Å².